The zero-order valence-electron chi connectivity index (χ0n) is 16.1. The number of rotatable bonds is 6. The molecule has 0 fully saturated rings. The van der Waals surface area contributed by atoms with Crippen LogP contribution in [0.15, 0.2) is 47.2 Å². The zero-order chi connectivity index (χ0) is 21.1. The Bertz CT molecular complexity index is 1270. The number of ether oxygens (including phenoxy) is 3. The maximum Gasteiger partial charge on any atom is 0.327 e. The van der Waals surface area contributed by atoms with Crippen LogP contribution in [0.1, 0.15) is 18.2 Å². The van der Waals surface area contributed by atoms with Crippen LogP contribution in [0.2, 0.25) is 0 Å². The molecule has 4 rings (SSSR count). The monoisotopic (exact) mass is 465 g/mol. The summed E-state index contributed by atoms with van der Waals surface area (Å²) in [5, 5.41) is 9.84. The minimum Gasteiger partial charge on any atom is -0.495 e. The fourth-order valence-corrected chi connectivity index (χ4v) is 3.57. The van der Waals surface area contributed by atoms with Crippen molar-refractivity contribution < 1.29 is 14.2 Å². The Balaban J connectivity index is 1.79. The van der Waals surface area contributed by atoms with Gasteiger partial charge in [-0.3, -0.25) is 4.98 Å². The molecule has 0 saturated carbocycles. The van der Waals surface area contributed by atoms with Gasteiger partial charge in [0, 0.05) is 11.8 Å². The molecule has 0 aliphatic rings. The Hall–Kier alpha value is -3.64. The quantitative estimate of drug-likeness (QED) is 0.419. The molecule has 1 aromatic carbocycles. The van der Waals surface area contributed by atoms with Gasteiger partial charge in [-0.25, -0.2) is 0 Å². The smallest absolute Gasteiger partial charge is 0.327 e. The van der Waals surface area contributed by atoms with Crippen molar-refractivity contribution in [3.05, 3.63) is 58.5 Å². The molecule has 8 nitrogen and oxygen atoms in total. The van der Waals surface area contributed by atoms with E-state index in [9.17, 15) is 0 Å². The molecule has 3 aromatic heterocycles. The summed E-state index contributed by atoms with van der Waals surface area (Å²) in [5.74, 6) is 1.75. The lowest BCUT2D eigenvalue weighted by atomic mass is 10.2. The van der Waals surface area contributed by atoms with E-state index in [1.54, 1.807) is 43.6 Å². The van der Waals surface area contributed by atoms with E-state index < -0.39 is 0 Å². The Morgan fingerprint density at radius 1 is 1.10 bits per heavy atom. The first-order valence-electron chi connectivity index (χ1n) is 9.04. The molecule has 0 aliphatic heterocycles. The molecule has 0 amide bonds. The standard InChI is InChI=1S/C21H16BrN5O3/c1-3-16-18(22)17-19(25-16)26-21(30-15-8-14(28-2)10-24-11-15)27-20(17)29-13-6-4-5-12(7-13)9-23/h4-8,10-11H,3H2,1-2H3,(H,25,26,27). The highest BCUT2D eigenvalue weighted by Crippen LogP contribution is 2.37. The van der Waals surface area contributed by atoms with Gasteiger partial charge in [0.05, 0.1) is 41.0 Å². The van der Waals surface area contributed by atoms with Gasteiger partial charge in [0.25, 0.3) is 0 Å². The molecule has 30 heavy (non-hydrogen) atoms. The number of aromatic amines is 1. The minimum atomic E-state index is 0.0837. The lowest BCUT2D eigenvalue weighted by Crippen LogP contribution is -1.97. The first kappa shape index (κ1) is 19.7. The maximum atomic E-state index is 9.15. The molecule has 9 heteroatoms. The van der Waals surface area contributed by atoms with Crippen LogP contribution in [0.4, 0.5) is 0 Å². The number of aryl methyl sites for hydroxylation is 1. The number of nitrogens with one attached hydrogen (secondary N) is 1. The summed E-state index contributed by atoms with van der Waals surface area (Å²) in [5.41, 5.74) is 2.00. The van der Waals surface area contributed by atoms with Crippen molar-refractivity contribution in [3.8, 4) is 35.2 Å². The van der Waals surface area contributed by atoms with Gasteiger partial charge in [0.15, 0.2) is 5.75 Å². The van der Waals surface area contributed by atoms with Crippen molar-refractivity contribution in [2.45, 2.75) is 13.3 Å². The molecular formula is C21H16BrN5O3. The number of H-pyrrole nitrogens is 1. The number of hydrogen-bond donors (Lipinski definition) is 1. The Kier molecular flexibility index (Phi) is 5.50. The molecule has 0 radical (unpaired) electrons. The van der Waals surface area contributed by atoms with Crippen LogP contribution in [-0.2, 0) is 6.42 Å². The third-order valence-corrected chi connectivity index (χ3v) is 5.15. The number of benzene rings is 1. The fourth-order valence-electron chi connectivity index (χ4n) is 2.83. The second-order valence-corrected chi connectivity index (χ2v) is 7.00. The van der Waals surface area contributed by atoms with E-state index in [2.05, 4.69) is 41.9 Å². The number of hydrogen-bond acceptors (Lipinski definition) is 7. The van der Waals surface area contributed by atoms with Crippen LogP contribution in [0.3, 0.4) is 0 Å². The predicted molar refractivity (Wildman–Crippen MR) is 113 cm³/mol. The summed E-state index contributed by atoms with van der Waals surface area (Å²) in [4.78, 5) is 16.3. The summed E-state index contributed by atoms with van der Waals surface area (Å²) in [7, 11) is 1.55. The first-order valence-corrected chi connectivity index (χ1v) is 9.83. The molecule has 0 saturated heterocycles. The van der Waals surface area contributed by atoms with Crippen LogP contribution in [0.5, 0.6) is 29.1 Å². The molecule has 0 unspecified atom stereocenters. The SMILES string of the molecule is CCc1[nH]c2nc(Oc3cncc(OC)c3)nc(Oc3cccc(C#N)c3)c2c1Br. The van der Waals surface area contributed by atoms with Crippen molar-refractivity contribution in [1.29, 1.82) is 5.26 Å². The van der Waals surface area contributed by atoms with Gasteiger partial charge in [-0.15, -0.1) is 0 Å². The van der Waals surface area contributed by atoms with E-state index in [1.165, 1.54) is 6.20 Å². The number of aromatic nitrogens is 4. The normalized spacial score (nSPS) is 10.6. The van der Waals surface area contributed by atoms with Gasteiger partial charge in [-0.05, 0) is 40.5 Å². The molecule has 0 aliphatic carbocycles. The summed E-state index contributed by atoms with van der Waals surface area (Å²) >= 11 is 3.60. The maximum absolute atomic E-state index is 9.15. The van der Waals surface area contributed by atoms with Crippen molar-refractivity contribution >= 4 is 27.0 Å². The van der Waals surface area contributed by atoms with Crippen molar-refractivity contribution in [1.82, 2.24) is 19.9 Å². The number of nitriles is 1. The molecule has 1 N–H and O–H groups in total. The highest BCUT2D eigenvalue weighted by molar-refractivity contribution is 9.10. The van der Waals surface area contributed by atoms with Crippen LogP contribution in [-0.4, -0.2) is 27.0 Å². The Morgan fingerprint density at radius 2 is 1.93 bits per heavy atom. The minimum absolute atomic E-state index is 0.0837. The third kappa shape index (κ3) is 3.90. The topological polar surface area (TPSA) is 106 Å². The molecule has 0 spiro atoms. The number of fused-ring (bicyclic) bond motifs is 1. The van der Waals surface area contributed by atoms with Crippen molar-refractivity contribution in [2.75, 3.05) is 7.11 Å². The lowest BCUT2D eigenvalue weighted by molar-refractivity contribution is 0.396. The van der Waals surface area contributed by atoms with Gasteiger partial charge >= 0.3 is 6.01 Å². The van der Waals surface area contributed by atoms with E-state index >= 15 is 0 Å². The first-order chi connectivity index (χ1) is 14.6. The van der Waals surface area contributed by atoms with E-state index in [1.807, 2.05) is 6.92 Å². The highest BCUT2D eigenvalue weighted by Gasteiger charge is 2.19. The lowest BCUT2D eigenvalue weighted by Gasteiger charge is -2.09. The van der Waals surface area contributed by atoms with E-state index in [-0.39, 0.29) is 6.01 Å². The molecular weight excluding hydrogens is 450 g/mol. The molecule has 3 heterocycles. The summed E-state index contributed by atoms with van der Waals surface area (Å²) < 4.78 is 17.8. The molecule has 0 bridgehead atoms. The van der Waals surface area contributed by atoms with Gasteiger partial charge in [0.2, 0.25) is 5.88 Å². The van der Waals surface area contributed by atoms with Crippen LogP contribution < -0.4 is 14.2 Å². The summed E-state index contributed by atoms with van der Waals surface area (Å²) in [6.07, 6.45) is 3.87. The second kappa shape index (κ2) is 8.39. The highest BCUT2D eigenvalue weighted by atomic mass is 79.9. The second-order valence-electron chi connectivity index (χ2n) is 6.21. The van der Waals surface area contributed by atoms with Crippen molar-refractivity contribution in [3.63, 3.8) is 0 Å². The molecule has 4 aromatic rings. The summed E-state index contributed by atoms with van der Waals surface area (Å²) in [6, 6.07) is 10.7. The number of pyridine rings is 1. The van der Waals surface area contributed by atoms with E-state index in [0.717, 1.165) is 16.6 Å². The number of nitrogens with zero attached hydrogens (tertiary/aromatic N) is 4. The zero-order valence-corrected chi connectivity index (χ0v) is 17.7. The number of halogens is 1. The molecule has 0 atom stereocenters. The largest absolute Gasteiger partial charge is 0.495 e. The van der Waals surface area contributed by atoms with Crippen LogP contribution >= 0.6 is 15.9 Å². The van der Waals surface area contributed by atoms with Crippen LogP contribution in [0, 0.1) is 11.3 Å². The average molecular weight is 466 g/mol. The third-order valence-electron chi connectivity index (χ3n) is 4.27. The molecule has 150 valence electrons. The van der Waals surface area contributed by atoms with Gasteiger partial charge in [-0.2, -0.15) is 15.2 Å². The summed E-state index contributed by atoms with van der Waals surface area (Å²) in [6.45, 7) is 2.03. The average Bonchev–Trinajstić information content (AvgIpc) is 3.09. The number of methoxy groups -OCH3 is 1. The van der Waals surface area contributed by atoms with Gasteiger partial charge < -0.3 is 19.2 Å². The Morgan fingerprint density at radius 3 is 2.70 bits per heavy atom. The van der Waals surface area contributed by atoms with Crippen LogP contribution in [0.25, 0.3) is 11.0 Å². The van der Waals surface area contributed by atoms with Gasteiger partial charge in [0.1, 0.15) is 17.1 Å². The van der Waals surface area contributed by atoms with E-state index in [4.69, 9.17) is 19.5 Å². The van der Waals surface area contributed by atoms with E-state index in [0.29, 0.717) is 39.7 Å². The predicted octanol–water partition coefficient (Wildman–Crippen LogP) is 5.14. The van der Waals surface area contributed by atoms with Gasteiger partial charge in [-0.1, -0.05) is 13.0 Å². The van der Waals surface area contributed by atoms with Crippen molar-refractivity contribution in [2.24, 2.45) is 0 Å². The Labute approximate surface area is 180 Å². The fraction of sp³-hybridized carbons (Fsp3) is 0.143.